The Morgan fingerprint density at radius 1 is 1.13 bits per heavy atom. The third kappa shape index (κ3) is 5.84. The van der Waals surface area contributed by atoms with Gasteiger partial charge >= 0.3 is 0 Å². The van der Waals surface area contributed by atoms with Crippen LogP contribution in [0.5, 0.6) is 0 Å². The lowest BCUT2D eigenvalue weighted by Crippen LogP contribution is -3.13. The van der Waals surface area contributed by atoms with Crippen molar-refractivity contribution < 1.29 is 14.5 Å². The topological polar surface area (TPSA) is 62.6 Å². The van der Waals surface area contributed by atoms with Gasteiger partial charge in [0.2, 0.25) is 5.91 Å². The van der Waals surface area contributed by atoms with Gasteiger partial charge in [0.15, 0.2) is 6.54 Å². The molecule has 1 aliphatic heterocycles. The molecule has 2 amide bonds. The van der Waals surface area contributed by atoms with E-state index in [1.807, 2.05) is 6.92 Å². The molecule has 0 unspecified atom stereocenters. The standard InChI is InChI=1S/C17H24ClN3O2/c1-13-14(18)7-6-8-15(13)20-16(22)11-19-17(23)12-21-9-4-2-3-5-10-21/h6-8H,2-5,9-12H2,1H3,(H,19,23)(H,20,22)/p+1. The third-order valence-corrected chi connectivity index (χ3v) is 4.62. The number of carbonyl (C=O) groups excluding carboxylic acids is 2. The Balaban J connectivity index is 1.75. The maximum atomic E-state index is 12.0. The van der Waals surface area contributed by atoms with Crippen LogP contribution in [0.15, 0.2) is 18.2 Å². The van der Waals surface area contributed by atoms with Crippen LogP contribution in [0.25, 0.3) is 0 Å². The lowest BCUT2D eigenvalue weighted by atomic mass is 10.2. The van der Waals surface area contributed by atoms with Crippen molar-refractivity contribution in [3.05, 3.63) is 28.8 Å². The zero-order valence-electron chi connectivity index (χ0n) is 13.6. The van der Waals surface area contributed by atoms with E-state index in [1.165, 1.54) is 30.6 Å². The highest BCUT2D eigenvalue weighted by molar-refractivity contribution is 6.31. The summed E-state index contributed by atoms with van der Waals surface area (Å²) in [7, 11) is 0. The van der Waals surface area contributed by atoms with Crippen molar-refractivity contribution in [2.24, 2.45) is 0 Å². The molecule has 1 aromatic rings. The van der Waals surface area contributed by atoms with Gasteiger partial charge in [0.05, 0.1) is 19.6 Å². The number of nitrogens with one attached hydrogen (secondary N) is 3. The third-order valence-electron chi connectivity index (χ3n) is 4.21. The van der Waals surface area contributed by atoms with E-state index in [0.717, 1.165) is 18.7 Å². The summed E-state index contributed by atoms with van der Waals surface area (Å²) in [6, 6.07) is 5.35. The van der Waals surface area contributed by atoms with Crippen molar-refractivity contribution >= 4 is 29.1 Å². The van der Waals surface area contributed by atoms with Gasteiger partial charge in [-0.1, -0.05) is 17.7 Å². The highest BCUT2D eigenvalue weighted by Gasteiger charge is 2.16. The molecular formula is C17H25ClN3O2+. The monoisotopic (exact) mass is 338 g/mol. The molecule has 5 nitrogen and oxygen atoms in total. The minimum atomic E-state index is -0.241. The molecule has 0 saturated carbocycles. The Bertz CT molecular complexity index is 555. The molecule has 1 aromatic carbocycles. The Hall–Kier alpha value is -1.59. The molecule has 0 aliphatic carbocycles. The number of hydrogen-bond acceptors (Lipinski definition) is 2. The summed E-state index contributed by atoms with van der Waals surface area (Å²) in [5.41, 5.74) is 1.50. The molecule has 1 heterocycles. The van der Waals surface area contributed by atoms with Crippen LogP contribution in [0, 0.1) is 6.92 Å². The highest BCUT2D eigenvalue weighted by Crippen LogP contribution is 2.22. The zero-order valence-corrected chi connectivity index (χ0v) is 14.3. The second-order valence-corrected chi connectivity index (χ2v) is 6.49. The maximum absolute atomic E-state index is 12.0. The molecule has 1 aliphatic rings. The number of quaternary nitrogens is 1. The van der Waals surface area contributed by atoms with Crippen LogP contribution in [-0.4, -0.2) is 38.0 Å². The van der Waals surface area contributed by atoms with Gasteiger partial charge in [0, 0.05) is 10.7 Å². The summed E-state index contributed by atoms with van der Waals surface area (Å²) in [4.78, 5) is 25.2. The normalized spacial score (nSPS) is 15.7. The van der Waals surface area contributed by atoms with E-state index in [0.29, 0.717) is 17.3 Å². The van der Waals surface area contributed by atoms with E-state index in [-0.39, 0.29) is 18.4 Å². The molecule has 0 atom stereocenters. The molecule has 0 radical (unpaired) electrons. The second-order valence-electron chi connectivity index (χ2n) is 6.08. The molecule has 126 valence electrons. The SMILES string of the molecule is Cc1c(Cl)cccc1NC(=O)CNC(=O)C[NH+]1CCCCCC1. The summed E-state index contributed by atoms with van der Waals surface area (Å²) in [6.45, 7) is 4.36. The van der Waals surface area contributed by atoms with Crippen molar-refractivity contribution in [3.8, 4) is 0 Å². The first kappa shape index (κ1) is 17.8. The summed E-state index contributed by atoms with van der Waals surface area (Å²) in [6.07, 6.45) is 4.87. The molecule has 23 heavy (non-hydrogen) atoms. The van der Waals surface area contributed by atoms with Crippen LogP contribution >= 0.6 is 11.6 Å². The molecule has 0 bridgehead atoms. The summed E-state index contributed by atoms with van der Waals surface area (Å²) < 4.78 is 0. The molecule has 0 spiro atoms. The largest absolute Gasteiger partial charge is 0.342 e. The van der Waals surface area contributed by atoms with Crippen molar-refractivity contribution in [2.75, 3.05) is 31.5 Å². The van der Waals surface area contributed by atoms with Crippen LogP contribution in [0.2, 0.25) is 5.02 Å². The van der Waals surface area contributed by atoms with Gasteiger partial charge in [-0.3, -0.25) is 9.59 Å². The van der Waals surface area contributed by atoms with Crippen LogP contribution < -0.4 is 15.5 Å². The fourth-order valence-electron chi connectivity index (χ4n) is 2.81. The van der Waals surface area contributed by atoms with E-state index in [1.54, 1.807) is 18.2 Å². The van der Waals surface area contributed by atoms with Gasteiger partial charge < -0.3 is 15.5 Å². The first-order valence-corrected chi connectivity index (χ1v) is 8.59. The molecule has 1 fully saturated rings. The van der Waals surface area contributed by atoms with E-state index in [4.69, 9.17) is 11.6 Å². The molecule has 0 aromatic heterocycles. The van der Waals surface area contributed by atoms with Gasteiger partial charge in [-0.15, -0.1) is 0 Å². The Kier molecular flexibility index (Phi) is 6.86. The average Bonchev–Trinajstić information content (AvgIpc) is 2.78. The smallest absolute Gasteiger partial charge is 0.275 e. The summed E-state index contributed by atoms with van der Waals surface area (Å²) in [5, 5.41) is 6.08. The number of halogens is 1. The minimum Gasteiger partial charge on any atom is -0.342 e. The minimum absolute atomic E-state index is 0.0158. The summed E-state index contributed by atoms with van der Waals surface area (Å²) >= 11 is 6.02. The van der Waals surface area contributed by atoms with E-state index in [2.05, 4.69) is 10.6 Å². The van der Waals surface area contributed by atoms with E-state index in [9.17, 15) is 9.59 Å². The Morgan fingerprint density at radius 3 is 2.52 bits per heavy atom. The Labute approximate surface area is 142 Å². The van der Waals surface area contributed by atoms with E-state index >= 15 is 0 Å². The number of hydrogen-bond donors (Lipinski definition) is 3. The van der Waals surface area contributed by atoms with Crippen molar-refractivity contribution in [1.29, 1.82) is 0 Å². The highest BCUT2D eigenvalue weighted by atomic mass is 35.5. The van der Waals surface area contributed by atoms with Gasteiger partial charge in [0.1, 0.15) is 0 Å². The predicted molar refractivity (Wildman–Crippen MR) is 91.9 cm³/mol. The number of rotatable bonds is 5. The number of likely N-dealkylation sites (tertiary alicyclic amines) is 1. The van der Waals surface area contributed by atoms with Crippen LogP contribution in [-0.2, 0) is 9.59 Å². The number of anilines is 1. The number of amides is 2. The first-order chi connectivity index (χ1) is 11.1. The van der Waals surface area contributed by atoms with Gasteiger partial charge in [-0.2, -0.15) is 0 Å². The average molecular weight is 339 g/mol. The van der Waals surface area contributed by atoms with Gasteiger partial charge in [-0.05, 0) is 50.3 Å². The fourth-order valence-corrected chi connectivity index (χ4v) is 2.99. The van der Waals surface area contributed by atoms with Crippen LogP contribution in [0.3, 0.4) is 0 Å². The lowest BCUT2D eigenvalue weighted by Gasteiger charge is -2.16. The molecular weight excluding hydrogens is 314 g/mol. The van der Waals surface area contributed by atoms with Gasteiger partial charge in [0.25, 0.3) is 5.91 Å². The molecule has 2 rings (SSSR count). The number of carbonyl (C=O) groups is 2. The lowest BCUT2D eigenvalue weighted by molar-refractivity contribution is -0.891. The van der Waals surface area contributed by atoms with Crippen LogP contribution in [0.1, 0.15) is 31.2 Å². The number of benzene rings is 1. The molecule has 6 heteroatoms. The van der Waals surface area contributed by atoms with Gasteiger partial charge in [-0.25, -0.2) is 0 Å². The van der Waals surface area contributed by atoms with Crippen molar-refractivity contribution in [2.45, 2.75) is 32.6 Å². The predicted octanol–water partition coefficient (Wildman–Crippen LogP) is 1.16. The fraction of sp³-hybridized carbons (Fsp3) is 0.529. The zero-order chi connectivity index (χ0) is 16.7. The van der Waals surface area contributed by atoms with E-state index < -0.39 is 0 Å². The molecule has 3 N–H and O–H groups in total. The summed E-state index contributed by atoms with van der Waals surface area (Å²) in [5.74, 6) is -0.311. The van der Waals surface area contributed by atoms with Crippen LogP contribution in [0.4, 0.5) is 5.69 Å². The first-order valence-electron chi connectivity index (χ1n) is 8.21. The second kappa shape index (κ2) is 8.89. The maximum Gasteiger partial charge on any atom is 0.275 e. The quantitative estimate of drug-likeness (QED) is 0.754. The Morgan fingerprint density at radius 2 is 1.83 bits per heavy atom. The van der Waals surface area contributed by atoms with Crippen molar-refractivity contribution in [1.82, 2.24) is 5.32 Å². The molecule has 1 saturated heterocycles. The van der Waals surface area contributed by atoms with Crippen molar-refractivity contribution in [3.63, 3.8) is 0 Å².